The van der Waals surface area contributed by atoms with Crippen molar-refractivity contribution in [1.29, 1.82) is 0 Å². The Bertz CT molecular complexity index is 996. The first-order valence-corrected chi connectivity index (χ1v) is 11.1. The highest BCUT2D eigenvalue weighted by Crippen LogP contribution is 2.21. The maximum absolute atomic E-state index is 13.0. The van der Waals surface area contributed by atoms with Crippen molar-refractivity contribution in [1.82, 2.24) is 9.62 Å². The number of para-hydroxylation sites is 1. The van der Waals surface area contributed by atoms with Crippen molar-refractivity contribution >= 4 is 27.5 Å². The fourth-order valence-electron chi connectivity index (χ4n) is 3.34. The average molecular weight is 416 g/mol. The molecular formula is C21H25N3O4S. The second kappa shape index (κ2) is 9.19. The SMILES string of the molecule is CNS(=O)(=O)c1cccc(C(=O)Nc2ccccc2C(=O)N2CCCCCC2)c1. The molecule has 1 saturated heterocycles. The van der Waals surface area contributed by atoms with E-state index in [1.807, 2.05) is 4.90 Å². The molecule has 154 valence electrons. The molecule has 8 heteroatoms. The lowest BCUT2D eigenvalue weighted by molar-refractivity contribution is 0.0762. The Kier molecular flexibility index (Phi) is 6.66. The minimum atomic E-state index is -3.66. The summed E-state index contributed by atoms with van der Waals surface area (Å²) < 4.78 is 26.2. The van der Waals surface area contributed by atoms with E-state index in [0.717, 1.165) is 25.7 Å². The Balaban J connectivity index is 1.83. The second-order valence-electron chi connectivity index (χ2n) is 6.94. The smallest absolute Gasteiger partial charge is 0.255 e. The minimum absolute atomic E-state index is 0.00146. The van der Waals surface area contributed by atoms with Gasteiger partial charge in [-0.05, 0) is 50.2 Å². The molecule has 0 radical (unpaired) electrons. The van der Waals surface area contributed by atoms with E-state index >= 15 is 0 Å². The van der Waals surface area contributed by atoms with Gasteiger partial charge < -0.3 is 10.2 Å². The summed E-state index contributed by atoms with van der Waals surface area (Å²) in [7, 11) is -2.35. The highest BCUT2D eigenvalue weighted by atomic mass is 32.2. The molecule has 0 atom stereocenters. The Labute approximate surface area is 171 Å². The molecule has 0 spiro atoms. The number of benzene rings is 2. The van der Waals surface area contributed by atoms with Gasteiger partial charge in [0, 0.05) is 18.7 Å². The number of anilines is 1. The van der Waals surface area contributed by atoms with Crippen LogP contribution in [0.3, 0.4) is 0 Å². The summed E-state index contributed by atoms with van der Waals surface area (Å²) in [5.74, 6) is -0.580. The first-order valence-electron chi connectivity index (χ1n) is 9.65. The molecular weight excluding hydrogens is 390 g/mol. The van der Waals surface area contributed by atoms with E-state index in [4.69, 9.17) is 0 Å². The van der Waals surface area contributed by atoms with Crippen LogP contribution in [0.25, 0.3) is 0 Å². The van der Waals surface area contributed by atoms with Gasteiger partial charge in [-0.25, -0.2) is 13.1 Å². The zero-order chi connectivity index (χ0) is 20.9. The van der Waals surface area contributed by atoms with Crippen molar-refractivity contribution in [3.63, 3.8) is 0 Å². The number of carbonyl (C=O) groups excluding carboxylic acids is 2. The van der Waals surface area contributed by atoms with Gasteiger partial charge in [-0.1, -0.05) is 31.0 Å². The zero-order valence-electron chi connectivity index (χ0n) is 16.3. The predicted octanol–water partition coefficient (Wildman–Crippen LogP) is 2.86. The molecule has 0 aromatic heterocycles. The van der Waals surface area contributed by atoms with Gasteiger partial charge in [0.25, 0.3) is 11.8 Å². The van der Waals surface area contributed by atoms with Crippen LogP contribution in [0.5, 0.6) is 0 Å². The summed E-state index contributed by atoms with van der Waals surface area (Å²) in [6, 6.07) is 12.6. The van der Waals surface area contributed by atoms with Crippen molar-refractivity contribution in [2.75, 3.05) is 25.5 Å². The highest BCUT2D eigenvalue weighted by molar-refractivity contribution is 7.89. The second-order valence-corrected chi connectivity index (χ2v) is 8.83. The Morgan fingerprint density at radius 2 is 1.62 bits per heavy atom. The number of hydrogen-bond acceptors (Lipinski definition) is 4. The highest BCUT2D eigenvalue weighted by Gasteiger charge is 2.21. The van der Waals surface area contributed by atoms with E-state index in [1.54, 1.807) is 24.3 Å². The lowest BCUT2D eigenvalue weighted by Gasteiger charge is -2.22. The average Bonchev–Trinajstić information content (AvgIpc) is 3.03. The topological polar surface area (TPSA) is 95.6 Å². The van der Waals surface area contributed by atoms with Crippen LogP contribution in [-0.2, 0) is 10.0 Å². The Morgan fingerprint density at radius 1 is 0.931 bits per heavy atom. The first kappa shape index (κ1) is 21.0. The fraction of sp³-hybridized carbons (Fsp3) is 0.333. The molecule has 2 aromatic rings. The van der Waals surface area contributed by atoms with Crippen LogP contribution in [0.4, 0.5) is 5.69 Å². The van der Waals surface area contributed by atoms with E-state index in [1.165, 1.54) is 31.3 Å². The van der Waals surface area contributed by atoms with Crippen molar-refractivity contribution < 1.29 is 18.0 Å². The quantitative estimate of drug-likeness (QED) is 0.785. The van der Waals surface area contributed by atoms with Crippen LogP contribution >= 0.6 is 0 Å². The third-order valence-electron chi connectivity index (χ3n) is 4.97. The third kappa shape index (κ3) is 5.02. The van der Waals surface area contributed by atoms with Gasteiger partial charge in [-0.2, -0.15) is 0 Å². The van der Waals surface area contributed by atoms with Crippen LogP contribution in [-0.4, -0.2) is 45.3 Å². The van der Waals surface area contributed by atoms with E-state index in [2.05, 4.69) is 10.0 Å². The van der Waals surface area contributed by atoms with Gasteiger partial charge in [-0.3, -0.25) is 9.59 Å². The van der Waals surface area contributed by atoms with Crippen LogP contribution in [0.2, 0.25) is 0 Å². The molecule has 0 saturated carbocycles. The van der Waals surface area contributed by atoms with Gasteiger partial charge in [0.2, 0.25) is 10.0 Å². The predicted molar refractivity (Wildman–Crippen MR) is 111 cm³/mol. The maximum Gasteiger partial charge on any atom is 0.255 e. The summed E-state index contributed by atoms with van der Waals surface area (Å²) >= 11 is 0. The summed E-state index contributed by atoms with van der Waals surface area (Å²) in [5, 5.41) is 2.76. The lowest BCUT2D eigenvalue weighted by atomic mass is 10.1. The number of likely N-dealkylation sites (tertiary alicyclic amines) is 1. The van der Waals surface area contributed by atoms with Crippen molar-refractivity contribution in [2.45, 2.75) is 30.6 Å². The van der Waals surface area contributed by atoms with Gasteiger partial charge in [0.15, 0.2) is 0 Å². The molecule has 3 rings (SSSR count). The molecule has 1 fully saturated rings. The van der Waals surface area contributed by atoms with Gasteiger partial charge in [-0.15, -0.1) is 0 Å². The molecule has 2 amide bonds. The number of nitrogens with one attached hydrogen (secondary N) is 2. The van der Waals surface area contributed by atoms with E-state index in [0.29, 0.717) is 24.3 Å². The molecule has 1 aliphatic heterocycles. The Hall–Kier alpha value is -2.71. The van der Waals surface area contributed by atoms with Gasteiger partial charge in [0.1, 0.15) is 0 Å². The number of nitrogens with zero attached hydrogens (tertiary/aromatic N) is 1. The zero-order valence-corrected chi connectivity index (χ0v) is 17.2. The van der Waals surface area contributed by atoms with E-state index in [9.17, 15) is 18.0 Å². The minimum Gasteiger partial charge on any atom is -0.339 e. The number of rotatable bonds is 5. The van der Waals surface area contributed by atoms with Crippen molar-refractivity contribution in [3.8, 4) is 0 Å². The molecule has 0 bridgehead atoms. The largest absolute Gasteiger partial charge is 0.339 e. The van der Waals surface area contributed by atoms with Crippen LogP contribution in [0.15, 0.2) is 53.4 Å². The third-order valence-corrected chi connectivity index (χ3v) is 6.39. The number of amides is 2. The van der Waals surface area contributed by atoms with Crippen LogP contribution in [0, 0.1) is 0 Å². The van der Waals surface area contributed by atoms with E-state index in [-0.39, 0.29) is 16.4 Å². The number of carbonyl (C=O) groups is 2. The van der Waals surface area contributed by atoms with Crippen molar-refractivity contribution in [3.05, 3.63) is 59.7 Å². The molecule has 29 heavy (non-hydrogen) atoms. The molecule has 1 heterocycles. The molecule has 0 unspecified atom stereocenters. The standard InChI is InChI=1S/C21H25N3O4S/c1-22-29(27,28)17-10-8-9-16(15-17)20(25)23-19-12-5-4-11-18(19)21(26)24-13-6-2-3-7-14-24/h4-5,8-12,15,22H,2-3,6-7,13-14H2,1H3,(H,23,25). The number of sulfonamides is 1. The Morgan fingerprint density at radius 3 is 2.31 bits per heavy atom. The summed E-state index contributed by atoms with van der Waals surface area (Å²) in [4.78, 5) is 27.6. The monoisotopic (exact) mass is 415 g/mol. The normalized spacial score (nSPS) is 14.9. The summed E-state index contributed by atoms with van der Waals surface area (Å²) in [6.45, 7) is 1.43. The molecule has 0 aliphatic carbocycles. The van der Waals surface area contributed by atoms with Crippen LogP contribution in [0.1, 0.15) is 46.4 Å². The summed E-state index contributed by atoms with van der Waals surface area (Å²) in [5.41, 5.74) is 1.04. The molecule has 2 aromatic carbocycles. The van der Waals surface area contributed by atoms with Gasteiger partial charge >= 0.3 is 0 Å². The first-order chi connectivity index (χ1) is 13.9. The fourth-order valence-corrected chi connectivity index (χ4v) is 4.12. The van der Waals surface area contributed by atoms with E-state index < -0.39 is 15.9 Å². The lowest BCUT2D eigenvalue weighted by Crippen LogP contribution is -2.32. The van der Waals surface area contributed by atoms with Crippen molar-refractivity contribution in [2.24, 2.45) is 0 Å². The molecule has 2 N–H and O–H groups in total. The van der Waals surface area contributed by atoms with Crippen LogP contribution < -0.4 is 10.0 Å². The molecule has 1 aliphatic rings. The molecule has 7 nitrogen and oxygen atoms in total. The summed E-state index contributed by atoms with van der Waals surface area (Å²) in [6.07, 6.45) is 4.20. The maximum atomic E-state index is 13.0. The van der Waals surface area contributed by atoms with Gasteiger partial charge in [0.05, 0.1) is 16.1 Å². The number of hydrogen-bond donors (Lipinski definition) is 2.